The third-order valence-electron chi connectivity index (χ3n) is 3.25. The lowest BCUT2D eigenvalue weighted by Crippen LogP contribution is -2.11. The number of furan rings is 1. The first-order chi connectivity index (χ1) is 11.9. The summed E-state index contributed by atoms with van der Waals surface area (Å²) in [5, 5.41) is 0. The molecule has 0 atom stereocenters. The van der Waals surface area contributed by atoms with Crippen LogP contribution in [0.4, 0.5) is 26.3 Å². The smallest absolute Gasteiger partial charge is 0.416 e. The number of halogens is 6. The van der Waals surface area contributed by atoms with Gasteiger partial charge in [-0.05, 0) is 30.3 Å². The third kappa shape index (κ3) is 4.68. The van der Waals surface area contributed by atoms with Crippen LogP contribution in [0.2, 0.25) is 0 Å². The summed E-state index contributed by atoms with van der Waals surface area (Å²) < 4.78 is 82.5. The van der Waals surface area contributed by atoms with Crippen LogP contribution in [-0.4, -0.2) is 24.8 Å². The maximum Gasteiger partial charge on any atom is 0.416 e. The highest BCUT2D eigenvalue weighted by Gasteiger charge is 2.37. The van der Waals surface area contributed by atoms with Crippen molar-refractivity contribution < 1.29 is 35.6 Å². The van der Waals surface area contributed by atoms with E-state index in [2.05, 4.69) is 0 Å². The number of benzene rings is 1. The average molecular weight is 377 g/mol. The fourth-order valence-electron chi connectivity index (χ4n) is 2.02. The molecule has 140 valence electrons. The van der Waals surface area contributed by atoms with Crippen molar-refractivity contribution in [2.45, 2.75) is 12.4 Å². The fraction of sp³-hybridized carbons (Fsp3) is 0.235. The number of hydrogen-bond donors (Lipinski definition) is 0. The zero-order valence-electron chi connectivity index (χ0n) is 13.6. The second kappa shape index (κ2) is 6.89. The molecule has 0 N–H and O–H groups in total. The summed E-state index contributed by atoms with van der Waals surface area (Å²) in [6.07, 6.45) is -7.34. The predicted molar refractivity (Wildman–Crippen MR) is 81.3 cm³/mol. The zero-order chi connectivity index (χ0) is 19.7. The summed E-state index contributed by atoms with van der Waals surface area (Å²) in [7, 11) is 3.33. The first-order valence-electron chi connectivity index (χ1n) is 7.16. The molecule has 0 amide bonds. The van der Waals surface area contributed by atoms with E-state index in [1.807, 2.05) is 0 Å². The molecule has 26 heavy (non-hydrogen) atoms. The molecule has 0 aliphatic heterocycles. The Kier molecular flexibility index (Phi) is 5.20. The van der Waals surface area contributed by atoms with Crippen molar-refractivity contribution in [1.29, 1.82) is 0 Å². The molecule has 9 heteroatoms. The number of nitrogens with zero attached hydrogens (tertiary/aromatic N) is 1. The molecule has 0 fully saturated rings. The van der Waals surface area contributed by atoms with Gasteiger partial charge in [0.1, 0.15) is 5.76 Å². The van der Waals surface area contributed by atoms with Crippen molar-refractivity contribution in [3.63, 3.8) is 0 Å². The Morgan fingerprint density at radius 1 is 0.962 bits per heavy atom. The van der Waals surface area contributed by atoms with Crippen molar-refractivity contribution in [2.24, 2.45) is 0 Å². The minimum atomic E-state index is -4.96. The lowest BCUT2D eigenvalue weighted by atomic mass is 10.0. The Morgan fingerprint density at radius 2 is 1.50 bits per heavy atom. The minimum Gasteiger partial charge on any atom is -0.453 e. The summed E-state index contributed by atoms with van der Waals surface area (Å²) in [6.45, 7) is 0. The van der Waals surface area contributed by atoms with E-state index in [1.165, 1.54) is 12.3 Å². The second-order valence-corrected chi connectivity index (χ2v) is 5.60. The van der Waals surface area contributed by atoms with E-state index in [4.69, 9.17) is 4.42 Å². The molecule has 2 aromatic rings. The Labute approximate surface area is 144 Å². The lowest BCUT2D eigenvalue weighted by Gasteiger charge is -2.13. The minimum absolute atomic E-state index is 0.0261. The first kappa shape index (κ1) is 19.6. The van der Waals surface area contributed by atoms with Crippen LogP contribution in [-0.2, 0) is 12.4 Å². The quantitative estimate of drug-likeness (QED) is 0.415. The number of carbonyl (C=O) groups excluding carboxylic acids is 1. The lowest BCUT2D eigenvalue weighted by molar-refractivity contribution is -0.143. The van der Waals surface area contributed by atoms with Gasteiger partial charge in [0.15, 0.2) is 5.76 Å². The van der Waals surface area contributed by atoms with E-state index in [0.29, 0.717) is 12.1 Å². The molecule has 1 heterocycles. The van der Waals surface area contributed by atoms with Gasteiger partial charge in [0.2, 0.25) is 5.78 Å². The van der Waals surface area contributed by atoms with Crippen LogP contribution in [0, 0.1) is 0 Å². The van der Waals surface area contributed by atoms with Crippen LogP contribution in [0.25, 0.3) is 11.3 Å². The summed E-state index contributed by atoms with van der Waals surface area (Å²) in [5.74, 6) is -1.06. The highest BCUT2D eigenvalue weighted by atomic mass is 19.4. The maximum atomic E-state index is 12.9. The SMILES string of the molecule is CN(C)C=CC(=O)c1ccc(-c2cc(C(F)(F)F)cc(C(F)(F)F)c2)o1. The van der Waals surface area contributed by atoms with Crippen LogP contribution in [0.15, 0.2) is 47.0 Å². The zero-order valence-corrected chi connectivity index (χ0v) is 13.6. The van der Waals surface area contributed by atoms with Gasteiger partial charge in [-0.3, -0.25) is 4.79 Å². The highest BCUT2D eigenvalue weighted by molar-refractivity contribution is 6.02. The van der Waals surface area contributed by atoms with Crippen molar-refractivity contribution in [1.82, 2.24) is 4.90 Å². The molecular formula is C17H13F6NO2. The van der Waals surface area contributed by atoms with Gasteiger partial charge in [0.05, 0.1) is 11.1 Å². The average Bonchev–Trinajstić information content (AvgIpc) is 3.00. The summed E-state index contributed by atoms with van der Waals surface area (Å²) in [5.41, 5.74) is -3.35. The number of ketones is 1. The summed E-state index contributed by atoms with van der Waals surface area (Å²) >= 11 is 0. The number of alkyl halides is 6. The molecule has 1 aromatic heterocycles. The third-order valence-corrected chi connectivity index (χ3v) is 3.25. The van der Waals surface area contributed by atoms with E-state index in [9.17, 15) is 31.1 Å². The van der Waals surface area contributed by atoms with Crippen LogP contribution in [0.1, 0.15) is 21.7 Å². The van der Waals surface area contributed by atoms with Crippen LogP contribution in [0.3, 0.4) is 0 Å². The van der Waals surface area contributed by atoms with Gasteiger partial charge in [-0.25, -0.2) is 0 Å². The second-order valence-electron chi connectivity index (χ2n) is 5.60. The molecule has 0 spiro atoms. The maximum absolute atomic E-state index is 12.9. The van der Waals surface area contributed by atoms with E-state index in [-0.39, 0.29) is 17.6 Å². The fourth-order valence-corrected chi connectivity index (χ4v) is 2.02. The van der Waals surface area contributed by atoms with E-state index < -0.39 is 34.8 Å². The Hall–Kier alpha value is -2.71. The Bertz CT molecular complexity index is 798. The molecule has 1 aromatic carbocycles. The number of carbonyl (C=O) groups is 1. The van der Waals surface area contributed by atoms with E-state index in [1.54, 1.807) is 19.0 Å². The van der Waals surface area contributed by atoms with Gasteiger partial charge < -0.3 is 9.32 Å². The molecule has 0 saturated heterocycles. The summed E-state index contributed by atoms with van der Waals surface area (Å²) in [4.78, 5) is 13.5. The molecule has 0 unspecified atom stereocenters. The first-order valence-corrected chi connectivity index (χ1v) is 7.16. The van der Waals surface area contributed by atoms with E-state index in [0.717, 1.165) is 12.1 Å². The topological polar surface area (TPSA) is 33.5 Å². The van der Waals surface area contributed by atoms with Gasteiger partial charge in [-0.1, -0.05) is 0 Å². The number of hydrogen-bond acceptors (Lipinski definition) is 3. The molecule has 2 rings (SSSR count). The van der Waals surface area contributed by atoms with Gasteiger partial charge in [0.25, 0.3) is 0 Å². The normalized spacial score (nSPS) is 12.6. The van der Waals surface area contributed by atoms with Gasteiger partial charge in [0, 0.05) is 31.9 Å². The number of rotatable bonds is 4. The van der Waals surface area contributed by atoms with Crippen molar-refractivity contribution >= 4 is 5.78 Å². The van der Waals surface area contributed by atoms with Crippen molar-refractivity contribution in [3.05, 3.63) is 59.5 Å². The van der Waals surface area contributed by atoms with Gasteiger partial charge in [-0.2, -0.15) is 26.3 Å². The molecule has 0 saturated carbocycles. The predicted octanol–water partition coefficient (Wildman–Crippen LogP) is 5.24. The van der Waals surface area contributed by atoms with Crippen LogP contribution < -0.4 is 0 Å². The van der Waals surface area contributed by atoms with Crippen molar-refractivity contribution in [2.75, 3.05) is 14.1 Å². The molecule has 0 radical (unpaired) electrons. The standard InChI is InChI=1S/C17H13F6NO2/c1-24(2)6-5-13(25)15-4-3-14(26-15)10-7-11(16(18,19)20)9-12(8-10)17(21,22)23/h3-9H,1-2H3. The van der Waals surface area contributed by atoms with Crippen LogP contribution in [0.5, 0.6) is 0 Å². The highest BCUT2D eigenvalue weighted by Crippen LogP contribution is 2.38. The van der Waals surface area contributed by atoms with Gasteiger partial charge >= 0.3 is 12.4 Å². The molecule has 0 bridgehead atoms. The molecular weight excluding hydrogens is 364 g/mol. The van der Waals surface area contributed by atoms with Crippen LogP contribution >= 0.6 is 0 Å². The summed E-state index contributed by atoms with van der Waals surface area (Å²) in [6, 6.07) is 3.44. The Morgan fingerprint density at radius 3 is 1.96 bits per heavy atom. The van der Waals surface area contributed by atoms with Gasteiger partial charge in [-0.15, -0.1) is 0 Å². The Balaban J connectivity index is 2.47. The largest absolute Gasteiger partial charge is 0.453 e. The molecule has 3 nitrogen and oxygen atoms in total. The monoisotopic (exact) mass is 377 g/mol. The molecule has 0 aliphatic rings. The number of allylic oxidation sites excluding steroid dienone is 1. The molecule has 0 aliphatic carbocycles. The van der Waals surface area contributed by atoms with E-state index >= 15 is 0 Å². The van der Waals surface area contributed by atoms with Crippen molar-refractivity contribution in [3.8, 4) is 11.3 Å².